The van der Waals surface area contributed by atoms with Crippen molar-refractivity contribution in [3.8, 4) is 17.2 Å². The number of methoxy groups -OCH3 is 2. The molecular formula is C23H25N5O3. The van der Waals surface area contributed by atoms with Crippen LogP contribution in [0.2, 0.25) is 0 Å². The highest BCUT2D eigenvalue weighted by Crippen LogP contribution is 2.34. The maximum atomic E-state index is 13.2. The molecule has 160 valence electrons. The lowest BCUT2D eigenvalue weighted by atomic mass is 10.2. The molecule has 31 heavy (non-hydrogen) atoms. The molecule has 1 atom stereocenters. The lowest BCUT2D eigenvalue weighted by Gasteiger charge is -2.13. The van der Waals surface area contributed by atoms with Crippen molar-refractivity contribution in [2.24, 2.45) is 0 Å². The SMILES string of the molecule is CC[C@H](C)NC(=O)c1c(N)n(-c2cc(OC)cc(OC)c2)c2nc3ccccc3nc12. The molecule has 3 N–H and O–H groups in total. The van der Waals surface area contributed by atoms with Gasteiger partial charge in [0.1, 0.15) is 28.4 Å². The molecule has 4 aromatic rings. The summed E-state index contributed by atoms with van der Waals surface area (Å²) in [7, 11) is 3.15. The molecular weight excluding hydrogens is 394 g/mol. The normalized spacial score (nSPS) is 12.1. The van der Waals surface area contributed by atoms with Crippen LogP contribution in [0.25, 0.3) is 27.9 Å². The molecule has 2 aromatic heterocycles. The number of carbonyl (C=O) groups excluding carboxylic acids is 1. The summed E-state index contributed by atoms with van der Waals surface area (Å²) in [6.45, 7) is 3.95. The summed E-state index contributed by atoms with van der Waals surface area (Å²) in [4.78, 5) is 22.7. The molecule has 0 aliphatic carbocycles. The second-order valence-electron chi connectivity index (χ2n) is 7.33. The summed E-state index contributed by atoms with van der Waals surface area (Å²) in [5, 5.41) is 2.99. The molecule has 0 aliphatic rings. The van der Waals surface area contributed by atoms with Crippen molar-refractivity contribution in [1.29, 1.82) is 0 Å². The van der Waals surface area contributed by atoms with Crippen molar-refractivity contribution in [3.63, 3.8) is 0 Å². The monoisotopic (exact) mass is 419 g/mol. The molecule has 0 radical (unpaired) electrons. The first-order chi connectivity index (χ1) is 15.0. The molecule has 0 fully saturated rings. The van der Waals surface area contributed by atoms with Gasteiger partial charge in [0.15, 0.2) is 5.65 Å². The highest BCUT2D eigenvalue weighted by Gasteiger charge is 2.26. The highest BCUT2D eigenvalue weighted by molar-refractivity contribution is 6.11. The minimum absolute atomic E-state index is 0.00405. The number of nitrogens with zero attached hydrogens (tertiary/aromatic N) is 3. The summed E-state index contributed by atoms with van der Waals surface area (Å²) < 4.78 is 12.5. The molecule has 0 unspecified atom stereocenters. The van der Waals surface area contributed by atoms with Gasteiger partial charge in [-0.15, -0.1) is 0 Å². The van der Waals surface area contributed by atoms with E-state index in [2.05, 4.69) is 5.32 Å². The average molecular weight is 419 g/mol. The molecule has 8 heteroatoms. The van der Waals surface area contributed by atoms with Gasteiger partial charge in [0.2, 0.25) is 0 Å². The minimum atomic E-state index is -0.282. The van der Waals surface area contributed by atoms with Crippen LogP contribution in [0.5, 0.6) is 11.5 Å². The maximum absolute atomic E-state index is 13.2. The van der Waals surface area contributed by atoms with E-state index >= 15 is 0 Å². The van der Waals surface area contributed by atoms with Crippen LogP contribution in [0.4, 0.5) is 5.82 Å². The number of fused-ring (bicyclic) bond motifs is 2. The number of nitrogen functional groups attached to an aromatic ring is 1. The zero-order chi connectivity index (χ0) is 22.1. The van der Waals surface area contributed by atoms with Crippen molar-refractivity contribution in [2.75, 3.05) is 20.0 Å². The Balaban J connectivity index is 2.04. The van der Waals surface area contributed by atoms with E-state index in [9.17, 15) is 4.79 Å². The van der Waals surface area contributed by atoms with Crippen LogP contribution in [0.1, 0.15) is 30.6 Å². The number of amides is 1. The maximum Gasteiger partial charge on any atom is 0.257 e. The van der Waals surface area contributed by atoms with Crippen LogP contribution in [0.15, 0.2) is 42.5 Å². The van der Waals surface area contributed by atoms with Gasteiger partial charge >= 0.3 is 0 Å². The second-order valence-corrected chi connectivity index (χ2v) is 7.33. The largest absolute Gasteiger partial charge is 0.497 e. The van der Waals surface area contributed by atoms with E-state index in [1.165, 1.54) is 0 Å². The third-order valence-corrected chi connectivity index (χ3v) is 5.31. The lowest BCUT2D eigenvalue weighted by Crippen LogP contribution is -2.32. The van der Waals surface area contributed by atoms with Crippen LogP contribution < -0.4 is 20.5 Å². The fraction of sp³-hybridized carbons (Fsp3) is 0.261. The van der Waals surface area contributed by atoms with E-state index in [0.29, 0.717) is 44.9 Å². The number of hydrogen-bond donors (Lipinski definition) is 2. The van der Waals surface area contributed by atoms with Gasteiger partial charge in [-0.05, 0) is 25.5 Å². The van der Waals surface area contributed by atoms with Gasteiger partial charge in [-0.25, -0.2) is 9.97 Å². The molecule has 2 aromatic carbocycles. The number of para-hydroxylation sites is 2. The molecule has 1 amide bonds. The summed E-state index contributed by atoms with van der Waals surface area (Å²) in [5.41, 5.74) is 9.84. The van der Waals surface area contributed by atoms with Gasteiger partial charge in [-0.3, -0.25) is 9.36 Å². The Bertz CT molecular complexity index is 1260. The number of nitrogens with two attached hydrogens (primary N) is 1. The van der Waals surface area contributed by atoms with Crippen molar-refractivity contribution < 1.29 is 14.3 Å². The van der Waals surface area contributed by atoms with Crippen LogP contribution in [0, 0.1) is 0 Å². The zero-order valence-corrected chi connectivity index (χ0v) is 18.0. The van der Waals surface area contributed by atoms with E-state index < -0.39 is 0 Å². The van der Waals surface area contributed by atoms with Crippen LogP contribution in [-0.2, 0) is 0 Å². The molecule has 0 spiro atoms. The van der Waals surface area contributed by atoms with Gasteiger partial charge in [0, 0.05) is 24.2 Å². The summed E-state index contributed by atoms with van der Waals surface area (Å²) in [6.07, 6.45) is 0.798. The second kappa shape index (κ2) is 8.14. The smallest absolute Gasteiger partial charge is 0.257 e. The molecule has 0 saturated carbocycles. The fourth-order valence-corrected chi connectivity index (χ4v) is 3.47. The predicted octanol–water partition coefficient (Wildman–Crippen LogP) is 3.70. The van der Waals surface area contributed by atoms with Crippen LogP contribution >= 0.6 is 0 Å². The Hall–Kier alpha value is -3.81. The van der Waals surface area contributed by atoms with Gasteiger partial charge in [0.25, 0.3) is 5.91 Å². The molecule has 8 nitrogen and oxygen atoms in total. The predicted molar refractivity (Wildman–Crippen MR) is 121 cm³/mol. The zero-order valence-electron chi connectivity index (χ0n) is 18.0. The standard InChI is InChI=1S/C23H25N5O3/c1-5-13(2)25-23(29)19-20-22(27-18-9-7-6-8-17(18)26-20)28(21(19)24)14-10-15(30-3)12-16(11-14)31-4/h6-13H,5,24H2,1-4H3,(H,25,29)/t13-/m0/s1. The number of nitrogens with one attached hydrogen (secondary N) is 1. The van der Waals surface area contributed by atoms with E-state index in [1.54, 1.807) is 24.9 Å². The average Bonchev–Trinajstić information content (AvgIpc) is 3.07. The first-order valence-corrected chi connectivity index (χ1v) is 10.1. The molecule has 4 rings (SSSR count). The third-order valence-electron chi connectivity index (χ3n) is 5.31. The third kappa shape index (κ3) is 3.61. The lowest BCUT2D eigenvalue weighted by molar-refractivity contribution is 0.0941. The molecule has 0 saturated heterocycles. The Morgan fingerprint density at radius 1 is 1.10 bits per heavy atom. The number of benzene rings is 2. The first-order valence-electron chi connectivity index (χ1n) is 10.1. The Labute approximate surface area is 180 Å². The number of hydrogen-bond acceptors (Lipinski definition) is 6. The van der Waals surface area contributed by atoms with Gasteiger partial charge in [-0.1, -0.05) is 19.1 Å². The van der Waals surface area contributed by atoms with Crippen molar-refractivity contribution >= 4 is 33.9 Å². The summed E-state index contributed by atoms with van der Waals surface area (Å²) in [6, 6.07) is 12.9. The van der Waals surface area contributed by atoms with E-state index in [4.69, 9.17) is 25.2 Å². The number of ether oxygens (including phenoxy) is 2. The number of aromatic nitrogens is 3. The summed E-state index contributed by atoms with van der Waals surface area (Å²) >= 11 is 0. The van der Waals surface area contributed by atoms with E-state index in [-0.39, 0.29) is 17.8 Å². The highest BCUT2D eigenvalue weighted by atomic mass is 16.5. The Morgan fingerprint density at radius 3 is 2.29 bits per heavy atom. The molecule has 0 aliphatic heterocycles. The van der Waals surface area contributed by atoms with Gasteiger partial charge < -0.3 is 20.5 Å². The van der Waals surface area contributed by atoms with Crippen LogP contribution in [-0.4, -0.2) is 40.7 Å². The Morgan fingerprint density at radius 2 is 1.71 bits per heavy atom. The van der Waals surface area contributed by atoms with E-state index in [1.807, 2.05) is 50.2 Å². The fourth-order valence-electron chi connectivity index (χ4n) is 3.47. The number of carbonyl (C=O) groups is 1. The van der Waals surface area contributed by atoms with Crippen molar-refractivity contribution in [1.82, 2.24) is 19.9 Å². The topological polar surface area (TPSA) is 104 Å². The number of rotatable bonds is 6. The van der Waals surface area contributed by atoms with Gasteiger partial charge in [-0.2, -0.15) is 0 Å². The Kier molecular flexibility index (Phi) is 5.37. The van der Waals surface area contributed by atoms with Crippen LogP contribution in [0.3, 0.4) is 0 Å². The quantitative estimate of drug-likeness (QED) is 0.494. The number of anilines is 1. The van der Waals surface area contributed by atoms with Crippen molar-refractivity contribution in [3.05, 3.63) is 48.0 Å². The summed E-state index contributed by atoms with van der Waals surface area (Å²) in [5.74, 6) is 1.15. The molecule has 2 heterocycles. The first kappa shape index (κ1) is 20.5. The molecule has 0 bridgehead atoms. The van der Waals surface area contributed by atoms with Gasteiger partial charge in [0.05, 0.1) is 30.9 Å². The minimum Gasteiger partial charge on any atom is -0.497 e. The van der Waals surface area contributed by atoms with E-state index in [0.717, 1.165) is 6.42 Å². The van der Waals surface area contributed by atoms with Crippen molar-refractivity contribution in [2.45, 2.75) is 26.3 Å².